The van der Waals surface area contributed by atoms with Crippen molar-refractivity contribution < 1.29 is 18.7 Å². The molecule has 0 aliphatic carbocycles. The number of nitrogens with one attached hydrogen (secondary N) is 2. The molecule has 1 atom stereocenters. The number of halogens is 1. The van der Waals surface area contributed by atoms with Crippen molar-refractivity contribution in [2.75, 3.05) is 30.2 Å². The number of aromatic nitrogens is 3. The van der Waals surface area contributed by atoms with E-state index in [2.05, 4.69) is 20.8 Å². The molecule has 3 rings (SSSR count). The van der Waals surface area contributed by atoms with Gasteiger partial charge in [-0.15, -0.1) is 10.2 Å². The number of hydrogen-bond donors (Lipinski definition) is 2. The Hall–Kier alpha value is -3.05. The second-order valence-corrected chi connectivity index (χ2v) is 9.39. The summed E-state index contributed by atoms with van der Waals surface area (Å²) in [6.07, 6.45) is 2.69. The predicted octanol–water partition coefficient (Wildman–Crippen LogP) is 4.40. The largest absolute Gasteiger partial charge is 0.497 e. The molecule has 0 bridgehead atoms. The minimum absolute atomic E-state index is 0.114. The summed E-state index contributed by atoms with van der Waals surface area (Å²) >= 11 is 2.94. The Balaban J connectivity index is 1.70. The van der Waals surface area contributed by atoms with E-state index < -0.39 is 0 Å². The van der Waals surface area contributed by atoms with Gasteiger partial charge >= 0.3 is 0 Å². The summed E-state index contributed by atoms with van der Waals surface area (Å²) in [7, 11) is 1.58. The van der Waals surface area contributed by atoms with Gasteiger partial charge in [0.2, 0.25) is 5.91 Å². The zero-order valence-electron chi connectivity index (χ0n) is 19.8. The maximum absolute atomic E-state index is 13.1. The normalized spacial score (nSPS) is 11.7. The van der Waals surface area contributed by atoms with Gasteiger partial charge in [0.25, 0.3) is 5.91 Å². The fraction of sp³-hybridized carbons (Fsp3) is 0.333. The number of carbonyl (C=O) groups is 2. The molecule has 35 heavy (non-hydrogen) atoms. The van der Waals surface area contributed by atoms with Gasteiger partial charge in [-0.05, 0) is 73.9 Å². The number of hydrogen-bond acceptors (Lipinski definition) is 7. The van der Waals surface area contributed by atoms with Gasteiger partial charge in [-0.3, -0.25) is 9.59 Å². The number of amides is 2. The van der Waals surface area contributed by atoms with Crippen LogP contribution in [0.1, 0.15) is 35.6 Å². The van der Waals surface area contributed by atoms with Gasteiger partial charge in [0.15, 0.2) is 11.0 Å². The van der Waals surface area contributed by atoms with E-state index in [0.717, 1.165) is 5.75 Å². The van der Waals surface area contributed by atoms with E-state index >= 15 is 0 Å². The van der Waals surface area contributed by atoms with Crippen LogP contribution in [0.25, 0.3) is 0 Å². The van der Waals surface area contributed by atoms with E-state index in [9.17, 15) is 14.0 Å². The van der Waals surface area contributed by atoms with E-state index in [0.29, 0.717) is 40.9 Å². The first-order chi connectivity index (χ1) is 16.9. The lowest BCUT2D eigenvalue weighted by molar-refractivity contribution is -0.113. The van der Waals surface area contributed by atoms with Crippen LogP contribution >= 0.6 is 23.5 Å². The fourth-order valence-electron chi connectivity index (χ4n) is 3.31. The van der Waals surface area contributed by atoms with Crippen LogP contribution in [-0.4, -0.2) is 51.5 Å². The fourth-order valence-corrected chi connectivity index (χ4v) is 4.59. The molecule has 0 saturated carbocycles. The molecule has 8 nitrogen and oxygen atoms in total. The average Bonchev–Trinajstić information content (AvgIpc) is 3.29. The number of carbonyl (C=O) groups excluding carboxylic acids is 2. The van der Waals surface area contributed by atoms with E-state index in [1.165, 1.54) is 36.0 Å². The monoisotopic (exact) mass is 517 g/mol. The first-order valence-corrected chi connectivity index (χ1v) is 13.4. The Bertz CT molecular complexity index is 1120. The third-order valence-electron chi connectivity index (χ3n) is 5.10. The highest BCUT2D eigenvalue weighted by atomic mass is 32.2. The molecule has 186 valence electrons. The van der Waals surface area contributed by atoms with Crippen molar-refractivity contribution in [2.24, 2.45) is 0 Å². The van der Waals surface area contributed by atoms with Gasteiger partial charge < -0.3 is 19.9 Å². The number of rotatable bonds is 12. The van der Waals surface area contributed by atoms with E-state index in [-0.39, 0.29) is 29.4 Å². The van der Waals surface area contributed by atoms with Crippen molar-refractivity contribution in [1.29, 1.82) is 0 Å². The third kappa shape index (κ3) is 7.46. The standard InChI is InChI=1S/C24H28FN5O3S2/c1-4-30-22(20(13-14-34-3)27-23(32)16-5-11-19(33-2)12-6-16)28-29-24(30)35-15-21(31)26-18-9-7-17(25)8-10-18/h5-12,20H,4,13-15H2,1-3H3,(H,26,31)(H,27,32)/t20-/m1/s1. The first kappa shape index (κ1) is 26.6. The Morgan fingerprint density at radius 3 is 2.46 bits per heavy atom. The summed E-state index contributed by atoms with van der Waals surface area (Å²) in [5.74, 6) is 1.45. The van der Waals surface area contributed by atoms with E-state index in [4.69, 9.17) is 4.74 Å². The summed E-state index contributed by atoms with van der Waals surface area (Å²) < 4.78 is 20.1. The lowest BCUT2D eigenvalue weighted by Gasteiger charge is -2.19. The molecule has 1 aromatic heterocycles. The van der Waals surface area contributed by atoms with Crippen molar-refractivity contribution in [2.45, 2.75) is 31.1 Å². The van der Waals surface area contributed by atoms with E-state index in [1.807, 2.05) is 17.7 Å². The van der Waals surface area contributed by atoms with Gasteiger partial charge in [0, 0.05) is 17.8 Å². The van der Waals surface area contributed by atoms with Crippen LogP contribution in [0.4, 0.5) is 10.1 Å². The second kappa shape index (κ2) is 13.1. The maximum atomic E-state index is 13.1. The first-order valence-electron chi connectivity index (χ1n) is 11.0. The summed E-state index contributed by atoms with van der Waals surface area (Å²) in [4.78, 5) is 25.3. The molecule has 11 heteroatoms. The molecule has 3 aromatic rings. The van der Waals surface area contributed by atoms with Crippen LogP contribution in [0.3, 0.4) is 0 Å². The van der Waals surface area contributed by atoms with Gasteiger partial charge in [-0.1, -0.05) is 11.8 Å². The number of benzene rings is 2. The Kier molecular flexibility index (Phi) is 9.98. The highest BCUT2D eigenvalue weighted by Crippen LogP contribution is 2.24. The van der Waals surface area contributed by atoms with Crippen LogP contribution in [0.15, 0.2) is 53.7 Å². The molecule has 2 N–H and O–H groups in total. The quantitative estimate of drug-likeness (QED) is 0.344. The van der Waals surface area contributed by atoms with Crippen LogP contribution in [-0.2, 0) is 11.3 Å². The van der Waals surface area contributed by atoms with Crippen molar-refractivity contribution >= 4 is 41.0 Å². The van der Waals surface area contributed by atoms with Crippen LogP contribution in [0.5, 0.6) is 5.75 Å². The molecule has 2 amide bonds. The molecule has 0 aliphatic rings. The van der Waals surface area contributed by atoms with Crippen molar-refractivity contribution in [3.8, 4) is 5.75 Å². The third-order valence-corrected chi connectivity index (χ3v) is 6.71. The van der Waals surface area contributed by atoms with Crippen LogP contribution in [0, 0.1) is 5.82 Å². The number of anilines is 1. The average molecular weight is 518 g/mol. The van der Waals surface area contributed by atoms with Gasteiger partial charge in [0.1, 0.15) is 11.6 Å². The Labute approximate surface area is 212 Å². The molecule has 0 radical (unpaired) electrons. The number of thioether (sulfide) groups is 2. The molecule has 0 aliphatic heterocycles. The molecule has 1 heterocycles. The van der Waals surface area contributed by atoms with Crippen molar-refractivity contribution in [3.63, 3.8) is 0 Å². The maximum Gasteiger partial charge on any atom is 0.251 e. The molecule has 0 saturated heterocycles. The zero-order valence-corrected chi connectivity index (χ0v) is 21.4. The molecular weight excluding hydrogens is 489 g/mol. The van der Waals surface area contributed by atoms with E-state index in [1.54, 1.807) is 43.1 Å². The Morgan fingerprint density at radius 1 is 1.11 bits per heavy atom. The highest BCUT2D eigenvalue weighted by Gasteiger charge is 2.23. The number of ether oxygens (including phenoxy) is 1. The van der Waals surface area contributed by atoms with Crippen molar-refractivity contribution in [1.82, 2.24) is 20.1 Å². The summed E-state index contributed by atoms with van der Waals surface area (Å²) in [5.41, 5.74) is 1.04. The number of methoxy groups -OCH3 is 1. The molecule has 0 unspecified atom stereocenters. The summed E-state index contributed by atoms with van der Waals surface area (Å²) in [6, 6.07) is 12.2. The van der Waals surface area contributed by atoms with Gasteiger partial charge in [-0.25, -0.2) is 4.39 Å². The van der Waals surface area contributed by atoms with Gasteiger partial charge in [0.05, 0.1) is 18.9 Å². The van der Waals surface area contributed by atoms with Crippen LogP contribution < -0.4 is 15.4 Å². The smallest absolute Gasteiger partial charge is 0.251 e. The predicted molar refractivity (Wildman–Crippen MR) is 138 cm³/mol. The summed E-state index contributed by atoms with van der Waals surface area (Å²) in [6.45, 7) is 2.55. The molecular formula is C24H28FN5O3S2. The zero-order chi connectivity index (χ0) is 25.2. The molecule has 0 fully saturated rings. The minimum Gasteiger partial charge on any atom is -0.497 e. The van der Waals surface area contributed by atoms with Crippen molar-refractivity contribution in [3.05, 3.63) is 65.7 Å². The minimum atomic E-state index is -0.365. The van der Waals surface area contributed by atoms with Crippen LogP contribution in [0.2, 0.25) is 0 Å². The Morgan fingerprint density at radius 2 is 1.83 bits per heavy atom. The SMILES string of the molecule is CCn1c(SCC(=O)Nc2ccc(F)cc2)nnc1[C@@H](CCSC)NC(=O)c1ccc(OC)cc1. The molecule has 0 spiro atoms. The molecule has 2 aromatic carbocycles. The lowest BCUT2D eigenvalue weighted by atomic mass is 10.1. The second-order valence-electron chi connectivity index (χ2n) is 7.46. The van der Waals surface area contributed by atoms with Gasteiger partial charge in [-0.2, -0.15) is 11.8 Å². The topological polar surface area (TPSA) is 98.1 Å². The number of nitrogens with zero attached hydrogens (tertiary/aromatic N) is 3. The summed E-state index contributed by atoms with van der Waals surface area (Å²) in [5, 5.41) is 15.0. The highest BCUT2D eigenvalue weighted by molar-refractivity contribution is 7.99. The lowest BCUT2D eigenvalue weighted by Crippen LogP contribution is -2.31.